The molecule has 0 amide bonds. The fraction of sp³-hybridized carbons (Fsp3) is 0.286. The number of carbonyl (C=O) groups is 2. The molecule has 0 fully saturated rings. The summed E-state index contributed by atoms with van der Waals surface area (Å²) >= 11 is 3.39. The largest absolute Gasteiger partial charge is 0.496 e. The van der Waals surface area contributed by atoms with Crippen LogP contribution in [0.1, 0.15) is 58.2 Å². The number of hydrogen-bond donors (Lipinski definition) is 0. The first kappa shape index (κ1) is 26.9. The fourth-order valence-corrected chi connectivity index (χ4v) is 7.06. The minimum atomic E-state index is -4.37. The number of halogens is 1. The van der Waals surface area contributed by atoms with Gasteiger partial charge in [-0.25, -0.2) is 0 Å². The van der Waals surface area contributed by atoms with E-state index in [1.54, 1.807) is 42.5 Å². The van der Waals surface area contributed by atoms with Gasteiger partial charge < -0.3 is 14.0 Å². The summed E-state index contributed by atoms with van der Waals surface area (Å²) in [5.74, 6) is 0.338. The Kier molecular flexibility index (Phi) is 7.78. The molecule has 3 aromatic carbocycles. The van der Waals surface area contributed by atoms with Gasteiger partial charge in [0, 0.05) is 10.9 Å². The predicted octanol–water partition coefficient (Wildman–Crippen LogP) is 7.05. The normalized spacial score (nSPS) is 13.1. The molecule has 3 rings (SSSR count). The third kappa shape index (κ3) is 4.87. The molecule has 7 heteroatoms. The van der Waals surface area contributed by atoms with E-state index < -0.39 is 18.2 Å². The Morgan fingerprint density at radius 1 is 0.829 bits per heavy atom. The van der Waals surface area contributed by atoms with Crippen molar-refractivity contribution in [3.63, 3.8) is 0 Å². The van der Waals surface area contributed by atoms with Gasteiger partial charge in [-0.15, -0.1) is 0 Å². The molecule has 35 heavy (non-hydrogen) atoms. The highest BCUT2D eigenvalue weighted by atomic mass is 79.9. The van der Waals surface area contributed by atoms with Gasteiger partial charge >= 0.3 is 0 Å². The van der Waals surface area contributed by atoms with Gasteiger partial charge in [-0.2, -0.15) is 0 Å². The highest BCUT2D eigenvalue weighted by Crippen LogP contribution is 2.55. The van der Waals surface area contributed by atoms with Crippen LogP contribution in [-0.2, 0) is 9.98 Å². The Labute approximate surface area is 215 Å². The molecule has 0 N–H and O–H groups in total. The summed E-state index contributed by atoms with van der Waals surface area (Å²) < 4.78 is 26.2. The number of rotatable bonds is 7. The minimum absolute atomic E-state index is 0.0356. The second-order valence-electron chi connectivity index (χ2n) is 9.45. The van der Waals surface area contributed by atoms with Crippen molar-refractivity contribution < 1.29 is 23.6 Å². The van der Waals surface area contributed by atoms with Crippen molar-refractivity contribution in [3.8, 4) is 11.5 Å². The smallest absolute Gasteiger partial charge is 0.249 e. The average molecular weight is 557 g/mol. The first-order valence-corrected chi connectivity index (χ1v) is 13.7. The van der Waals surface area contributed by atoms with Crippen LogP contribution in [0.25, 0.3) is 0 Å². The second-order valence-corrected chi connectivity index (χ2v) is 12.8. The molecular formula is C28H30BrO5P. The van der Waals surface area contributed by atoms with Crippen molar-refractivity contribution in [3.05, 3.63) is 86.9 Å². The van der Waals surface area contributed by atoms with Gasteiger partial charge in [-0.3, -0.25) is 9.59 Å². The summed E-state index contributed by atoms with van der Waals surface area (Å²) in [5.41, 5.74) is 1.01. The summed E-state index contributed by atoms with van der Waals surface area (Å²) in [6.07, 6.45) is 0. The van der Waals surface area contributed by atoms with Gasteiger partial charge in [-0.1, -0.05) is 63.2 Å². The Balaban J connectivity index is 2.34. The lowest BCUT2D eigenvalue weighted by molar-refractivity contribution is 0.103. The van der Waals surface area contributed by atoms with E-state index in [9.17, 15) is 14.2 Å². The standard InChI is InChI=1S/C28H30BrO5P/c1-17-15-19(28(3,4)5)16-18(2)23(17)26(30)35(32,20-11-9-8-10-12-20)27(31)24-22(33-6)14-13-21(29)25(24)34-7/h8-16H,1-7H3. The predicted molar refractivity (Wildman–Crippen MR) is 144 cm³/mol. The maximum absolute atomic E-state index is 14.8. The van der Waals surface area contributed by atoms with E-state index in [-0.39, 0.29) is 27.8 Å². The molecule has 1 atom stereocenters. The van der Waals surface area contributed by atoms with E-state index in [0.717, 1.165) is 5.56 Å². The summed E-state index contributed by atoms with van der Waals surface area (Å²) in [6.45, 7) is 9.90. The van der Waals surface area contributed by atoms with Crippen LogP contribution in [0.15, 0.2) is 59.1 Å². The van der Waals surface area contributed by atoms with Crippen LogP contribution in [0.2, 0.25) is 0 Å². The molecule has 0 aliphatic rings. The van der Waals surface area contributed by atoms with Crippen molar-refractivity contribution in [1.29, 1.82) is 0 Å². The maximum atomic E-state index is 14.8. The van der Waals surface area contributed by atoms with Crippen molar-refractivity contribution >= 4 is 39.4 Å². The first-order valence-electron chi connectivity index (χ1n) is 11.2. The monoisotopic (exact) mass is 556 g/mol. The first-order chi connectivity index (χ1) is 16.4. The Hall–Kier alpha value is -2.69. The van der Waals surface area contributed by atoms with E-state index >= 15 is 0 Å². The van der Waals surface area contributed by atoms with Gasteiger partial charge in [-0.05, 0) is 64.0 Å². The van der Waals surface area contributed by atoms with Crippen molar-refractivity contribution in [1.82, 2.24) is 0 Å². The van der Waals surface area contributed by atoms with E-state index in [1.807, 2.05) is 26.0 Å². The number of ether oxygens (including phenoxy) is 2. The quantitative estimate of drug-likeness (QED) is 0.291. The van der Waals surface area contributed by atoms with Crippen LogP contribution in [0, 0.1) is 13.8 Å². The van der Waals surface area contributed by atoms with Gasteiger partial charge in [0.1, 0.15) is 17.1 Å². The highest BCUT2D eigenvalue weighted by Gasteiger charge is 2.46. The zero-order valence-electron chi connectivity index (χ0n) is 21.1. The Bertz CT molecular complexity index is 1320. The zero-order chi connectivity index (χ0) is 26.1. The van der Waals surface area contributed by atoms with Crippen molar-refractivity contribution in [2.45, 2.75) is 40.0 Å². The second kappa shape index (κ2) is 10.1. The lowest BCUT2D eigenvalue weighted by atomic mass is 9.84. The molecule has 3 aromatic rings. The fourth-order valence-electron chi connectivity index (χ4n) is 4.12. The lowest BCUT2D eigenvalue weighted by Gasteiger charge is -2.24. The molecule has 0 spiro atoms. The number of methoxy groups -OCH3 is 2. The number of hydrogen-bond acceptors (Lipinski definition) is 5. The molecule has 0 heterocycles. The maximum Gasteiger partial charge on any atom is 0.249 e. The molecule has 1 unspecified atom stereocenters. The van der Waals surface area contributed by atoms with E-state index in [2.05, 4.69) is 36.7 Å². The molecule has 0 aliphatic carbocycles. The molecule has 184 valence electrons. The zero-order valence-corrected chi connectivity index (χ0v) is 23.5. The molecule has 0 aliphatic heterocycles. The van der Waals surface area contributed by atoms with E-state index in [1.165, 1.54) is 14.2 Å². The van der Waals surface area contributed by atoms with E-state index in [0.29, 0.717) is 21.2 Å². The average Bonchev–Trinajstić information content (AvgIpc) is 2.82. The summed E-state index contributed by atoms with van der Waals surface area (Å²) in [5, 5.41) is 0.165. The summed E-state index contributed by atoms with van der Waals surface area (Å²) in [6, 6.07) is 15.3. The third-order valence-electron chi connectivity index (χ3n) is 6.01. The highest BCUT2D eigenvalue weighted by molar-refractivity contribution is 9.10. The lowest BCUT2D eigenvalue weighted by Crippen LogP contribution is -2.23. The van der Waals surface area contributed by atoms with Crippen LogP contribution in [0.3, 0.4) is 0 Å². The van der Waals surface area contributed by atoms with Gasteiger partial charge in [0.05, 0.1) is 18.7 Å². The van der Waals surface area contributed by atoms with Gasteiger partial charge in [0.25, 0.3) is 0 Å². The summed E-state index contributed by atoms with van der Waals surface area (Å²) in [7, 11) is -1.55. The van der Waals surface area contributed by atoms with E-state index in [4.69, 9.17) is 9.47 Å². The Morgan fingerprint density at radius 3 is 1.86 bits per heavy atom. The van der Waals surface area contributed by atoms with Crippen LogP contribution in [0.4, 0.5) is 0 Å². The van der Waals surface area contributed by atoms with Gasteiger partial charge in [0.2, 0.25) is 18.2 Å². The van der Waals surface area contributed by atoms with Crippen LogP contribution < -0.4 is 14.8 Å². The molecule has 0 radical (unpaired) electrons. The van der Waals surface area contributed by atoms with Crippen molar-refractivity contribution in [2.24, 2.45) is 0 Å². The SMILES string of the molecule is COc1ccc(Br)c(OC)c1C(=O)P(=O)(C(=O)c1c(C)cc(C(C)(C)C)cc1C)c1ccccc1. The molecule has 0 saturated heterocycles. The van der Waals surface area contributed by atoms with Crippen LogP contribution in [0.5, 0.6) is 11.5 Å². The van der Waals surface area contributed by atoms with Gasteiger partial charge in [0.15, 0.2) is 0 Å². The topological polar surface area (TPSA) is 69.7 Å². The molecule has 0 aromatic heterocycles. The Morgan fingerprint density at radius 2 is 1.37 bits per heavy atom. The van der Waals surface area contributed by atoms with Crippen LogP contribution in [-0.4, -0.2) is 25.3 Å². The summed E-state index contributed by atoms with van der Waals surface area (Å²) in [4.78, 5) is 28.4. The third-order valence-corrected chi connectivity index (χ3v) is 9.25. The molecular weight excluding hydrogens is 527 g/mol. The molecule has 5 nitrogen and oxygen atoms in total. The minimum Gasteiger partial charge on any atom is -0.496 e. The molecule has 0 bridgehead atoms. The van der Waals surface area contributed by atoms with Crippen molar-refractivity contribution in [2.75, 3.05) is 14.2 Å². The molecule has 0 saturated carbocycles. The number of aryl methyl sites for hydroxylation is 2. The number of benzene rings is 3. The van der Waals surface area contributed by atoms with Crippen LogP contribution >= 0.6 is 23.1 Å². The number of carbonyl (C=O) groups excluding carboxylic acids is 2.